The number of piperazine rings is 3. The van der Waals surface area contributed by atoms with Gasteiger partial charge in [-0.1, -0.05) is 0 Å². The molecule has 3 rings (SSSR count). The molecule has 0 amide bonds. The zero-order valence-corrected chi connectivity index (χ0v) is 7.32. The Bertz CT molecular complexity index is 187. The highest BCUT2D eigenvalue weighted by Crippen LogP contribution is 2.16. The van der Waals surface area contributed by atoms with Gasteiger partial charge in [0.05, 0.1) is 0 Å². The van der Waals surface area contributed by atoms with E-state index in [2.05, 4.69) is 9.80 Å². The predicted molar refractivity (Wildman–Crippen MR) is 43.6 cm³/mol. The van der Waals surface area contributed by atoms with Gasteiger partial charge in [-0.25, -0.2) is 0 Å². The Morgan fingerprint density at radius 2 is 2.00 bits per heavy atom. The van der Waals surface area contributed by atoms with Crippen LogP contribution in [0, 0.1) is 0 Å². The molecule has 0 spiro atoms. The first kappa shape index (κ1) is 8.01. The number of hydrogen-bond donors (Lipinski definition) is 0. The monoisotopic (exact) mass is 170 g/mol. The van der Waals surface area contributed by atoms with E-state index in [4.69, 9.17) is 4.74 Å². The summed E-state index contributed by atoms with van der Waals surface area (Å²) in [4.78, 5) is 15.3. The van der Waals surface area contributed by atoms with Crippen molar-refractivity contribution in [2.24, 2.45) is 0 Å². The average molecular weight is 170 g/mol. The predicted octanol–water partition coefficient (Wildman–Crippen LogP) is -0.493. The molecule has 3 saturated heterocycles. The van der Waals surface area contributed by atoms with Crippen LogP contribution in [0.5, 0.6) is 0 Å². The van der Waals surface area contributed by atoms with Gasteiger partial charge < -0.3 is 4.74 Å². The fourth-order valence-corrected chi connectivity index (χ4v) is 1.87. The number of ether oxygens (including phenoxy) is 1. The second-order valence-corrected chi connectivity index (χ2v) is 3.40. The van der Waals surface area contributed by atoms with E-state index in [0.717, 1.165) is 32.7 Å². The van der Waals surface area contributed by atoms with Crippen LogP contribution >= 0.6 is 0 Å². The second-order valence-electron chi connectivity index (χ2n) is 3.40. The smallest absolute Gasteiger partial charge is 0.304 e. The fraction of sp³-hybridized carbons (Fsp3) is 0.875. The molecule has 12 heavy (non-hydrogen) atoms. The first-order valence-electron chi connectivity index (χ1n) is 4.39. The van der Waals surface area contributed by atoms with E-state index in [1.54, 1.807) is 0 Å². The summed E-state index contributed by atoms with van der Waals surface area (Å²) in [5.41, 5.74) is 0. The van der Waals surface area contributed by atoms with Crippen LogP contribution in [-0.4, -0.2) is 54.7 Å². The topological polar surface area (TPSA) is 32.8 Å². The van der Waals surface area contributed by atoms with Crippen LogP contribution in [0.15, 0.2) is 0 Å². The molecule has 1 atom stereocenters. The SMILES string of the molecule is CC(=O)OC1CN2CCN1CC2. The summed E-state index contributed by atoms with van der Waals surface area (Å²) < 4.78 is 5.17. The van der Waals surface area contributed by atoms with Crippen LogP contribution in [0.2, 0.25) is 0 Å². The average Bonchev–Trinajstić information content (AvgIpc) is 2.05. The highest BCUT2D eigenvalue weighted by Gasteiger charge is 2.33. The number of esters is 1. The minimum Gasteiger partial charge on any atom is -0.445 e. The molecule has 0 aromatic rings. The van der Waals surface area contributed by atoms with Crippen molar-refractivity contribution < 1.29 is 9.53 Å². The molecule has 4 nitrogen and oxygen atoms in total. The van der Waals surface area contributed by atoms with Crippen LogP contribution in [0.4, 0.5) is 0 Å². The van der Waals surface area contributed by atoms with Crippen LogP contribution in [0.25, 0.3) is 0 Å². The Balaban J connectivity index is 1.95. The largest absolute Gasteiger partial charge is 0.445 e. The third kappa shape index (κ3) is 1.44. The van der Waals surface area contributed by atoms with Gasteiger partial charge in [0.2, 0.25) is 0 Å². The van der Waals surface area contributed by atoms with Crippen molar-refractivity contribution in [3.63, 3.8) is 0 Å². The summed E-state index contributed by atoms with van der Waals surface area (Å²) >= 11 is 0. The molecule has 0 radical (unpaired) electrons. The molecule has 3 aliphatic heterocycles. The van der Waals surface area contributed by atoms with Crippen molar-refractivity contribution in [2.45, 2.75) is 13.2 Å². The summed E-state index contributed by atoms with van der Waals surface area (Å²) in [6.45, 7) is 6.68. The van der Waals surface area contributed by atoms with Crippen molar-refractivity contribution >= 4 is 5.97 Å². The molecule has 0 aromatic carbocycles. The van der Waals surface area contributed by atoms with Gasteiger partial charge >= 0.3 is 5.97 Å². The summed E-state index contributed by atoms with van der Waals surface area (Å²) in [6.07, 6.45) is 0.0185. The van der Waals surface area contributed by atoms with Crippen molar-refractivity contribution in [3.05, 3.63) is 0 Å². The van der Waals surface area contributed by atoms with Gasteiger partial charge in [0.1, 0.15) is 0 Å². The lowest BCUT2D eigenvalue weighted by Crippen LogP contribution is -2.61. The number of hydrogen-bond acceptors (Lipinski definition) is 4. The molecule has 0 saturated carbocycles. The van der Waals surface area contributed by atoms with Crippen molar-refractivity contribution in [1.82, 2.24) is 9.80 Å². The van der Waals surface area contributed by atoms with E-state index in [0.29, 0.717) is 0 Å². The molecular formula is C8H14N2O2. The van der Waals surface area contributed by atoms with Crippen molar-refractivity contribution in [1.29, 1.82) is 0 Å². The minimum absolute atomic E-state index is 0.0185. The number of carbonyl (C=O) groups is 1. The lowest BCUT2D eigenvalue weighted by atomic mass is 10.2. The zero-order valence-electron chi connectivity index (χ0n) is 7.32. The molecule has 0 N–H and O–H groups in total. The number of nitrogens with zero attached hydrogens (tertiary/aromatic N) is 2. The molecule has 3 fully saturated rings. The van der Waals surface area contributed by atoms with Gasteiger partial charge in [-0.2, -0.15) is 0 Å². The molecule has 3 heterocycles. The molecule has 0 aliphatic carbocycles. The summed E-state index contributed by atoms with van der Waals surface area (Å²) in [5, 5.41) is 0. The van der Waals surface area contributed by atoms with Gasteiger partial charge in [0, 0.05) is 39.6 Å². The van der Waals surface area contributed by atoms with Crippen LogP contribution in [0.3, 0.4) is 0 Å². The van der Waals surface area contributed by atoms with E-state index in [1.807, 2.05) is 0 Å². The normalized spacial score (nSPS) is 39.6. The van der Waals surface area contributed by atoms with Crippen LogP contribution < -0.4 is 0 Å². The molecular weight excluding hydrogens is 156 g/mol. The first-order valence-corrected chi connectivity index (χ1v) is 4.39. The summed E-state index contributed by atoms with van der Waals surface area (Å²) in [5.74, 6) is -0.172. The molecule has 68 valence electrons. The Morgan fingerprint density at radius 1 is 1.33 bits per heavy atom. The van der Waals surface area contributed by atoms with Gasteiger partial charge in [-0.15, -0.1) is 0 Å². The highest BCUT2D eigenvalue weighted by molar-refractivity contribution is 5.66. The number of rotatable bonds is 1. The summed E-state index contributed by atoms with van der Waals surface area (Å²) in [7, 11) is 0. The quantitative estimate of drug-likeness (QED) is 0.497. The maximum absolute atomic E-state index is 10.7. The second kappa shape index (κ2) is 3.03. The molecule has 3 aliphatic rings. The zero-order chi connectivity index (χ0) is 8.55. The molecule has 2 bridgehead atoms. The lowest BCUT2D eigenvalue weighted by Gasteiger charge is -2.46. The number of fused-ring (bicyclic) bond motifs is 3. The van der Waals surface area contributed by atoms with Crippen LogP contribution in [-0.2, 0) is 9.53 Å². The standard InChI is InChI=1S/C8H14N2O2/c1-7(11)12-8-6-9-2-4-10(8)5-3-9/h8H,2-6H2,1H3. The fourth-order valence-electron chi connectivity index (χ4n) is 1.87. The molecule has 4 heteroatoms. The van der Waals surface area contributed by atoms with E-state index >= 15 is 0 Å². The lowest BCUT2D eigenvalue weighted by molar-refractivity contribution is -0.170. The Labute approximate surface area is 72.1 Å². The van der Waals surface area contributed by atoms with Crippen LogP contribution in [0.1, 0.15) is 6.92 Å². The van der Waals surface area contributed by atoms with Crippen molar-refractivity contribution in [3.8, 4) is 0 Å². The van der Waals surface area contributed by atoms with Gasteiger partial charge in [-0.3, -0.25) is 14.6 Å². The maximum Gasteiger partial charge on any atom is 0.304 e. The van der Waals surface area contributed by atoms with Gasteiger partial charge in [0.25, 0.3) is 0 Å². The van der Waals surface area contributed by atoms with E-state index in [9.17, 15) is 4.79 Å². The van der Waals surface area contributed by atoms with Crippen molar-refractivity contribution in [2.75, 3.05) is 32.7 Å². The maximum atomic E-state index is 10.7. The summed E-state index contributed by atoms with van der Waals surface area (Å²) in [6, 6.07) is 0. The van der Waals surface area contributed by atoms with Gasteiger partial charge in [0.15, 0.2) is 6.23 Å². The van der Waals surface area contributed by atoms with Gasteiger partial charge in [-0.05, 0) is 0 Å². The highest BCUT2D eigenvalue weighted by atomic mass is 16.6. The van der Waals surface area contributed by atoms with E-state index in [1.165, 1.54) is 6.92 Å². The third-order valence-electron chi connectivity index (χ3n) is 2.53. The Kier molecular flexibility index (Phi) is 2.02. The Morgan fingerprint density at radius 3 is 2.42 bits per heavy atom. The molecule has 1 unspecified atom stereocenters. The first-order chi connectivity index (χ1) is 5.75. The van der Waals surface area contributed by atoms with E-state index < -0.39 is 0 Å². The third-order valence-corrected chi connectivity index (χ3v) is 2.53. The minimum atomic E-state index is -0.172. The molecule has 0 aromatic heterocycles. The number of carbonyl (C=O) groups excluding carboxylic acids is 1. The Hall–Kier alpha value is -0.610. The van der Waals surface area contributed by atoms with E-state index in [-0.39, 0.29) is 12.2 Å².